The van der Waals surface area contributed by atoms with Crippen LogP contribution in [0.15, 0.2) is 30.7 Å². The molecule has 12 heavy (non-hydrogen) atoms. The van der Waals surface area contributed by atoms with Crippen LogP contribution in [-0.2, 0) is 0 Å². The van der Waals surface area contributed by atoms with Crippen molar-refractivity contribution in [3.05, 3.63) is 30.7 Å². The van der Waals surface area contributed by atoms with Gasteiger partial charge >= 0.3 is 0 Å². The molecule has 2 rings (SSSR count). The smallest absolute Gasteiger partial charge is 0.121 e. The van der Waals surface area contributed by atoms with Gasteiger partial charge in [0.2, 0.25) is 0 Å². The molecule has 0 aliphatic rings. The summed E-state index contributed by atoms with van der Waals surface area (Å²) in [6.45, 7) is 0. The molecule has 2 aromatic rings. The van der Waals surface area contributed by atoms with Crippen molar-refractivity contribution >= 4 is 10.9 Å². The van der Waals surface area contributed by atoms with Crippen molar-refractivity contribution in [1.82, 2.24) is 9.97 Å². The zero-order chi connectivity index (χ0) is 10.9. The van der Waals surface area contributed by atoms with E-state index in [1.807, 2.05) is 0 Å². The van der Waals surface area contributed by atoms with Crippen molar-refractivity contribution in [2.45, 2.75) is 0 Å². The maximum Gasteiger partial charge on any atom is 0.121 e. The topological polar surface area (TPSA) is 35.0 Å². The van der Waals surface area contributed by atoms with Crippen LogP contribution in [0.3, 0.4) is 0 Å². The van der Waals surface area contributed by atoms with Crippen LogP contribution in [0.4, 0.5) is 0 Å². The normalized spacial score (nSPS) is 14.8. The van der Waals surface area contributed by atoms with Crippen molar-refractivity contribution in [2.24, 2.45) is 0 Å². The monoisotopic (exact) mass is 163 g/mol. The first-order valence-corrected chi connectivity index (χ1v) is 3.43. The standard InChI is InChI=1S/C9H8N2O/c1-12-8-3-2-7-5-10-6-11-9(7)4-8/h2-6H,1H3/i1D3. The van der Waals surface area contributed by atoms with Gasteiger partial charge in [0.05, 0.1) is 16.7 Å². The Labute approximate surface area is 74.2 Å². The minimum atomic E-state index is -2.43. The number of methoxy groups -OCH3 is 1. The van der Waals surface area contributed by atoms with Gasteiger partial charge in [-0.2, -0.15) is 0 Å². The van der Waals surface area contributed by atoms with E-state index in [2.05, 4.69) is 9.97 Å². The highest BCUT2D eigenvalue weighted by Crippen LogP contribution is 2.16. The molecule has 0 aliphatic heterocycles. The van der Waals surface area contributed by atoms with Gasteiger partial charge in [-0.1, -0.05) is 0 Å². The molecule has 0 radical (unpaired) electrons. The van der Waals surface area contributed by atoms with Crippen LogP contribution in [0.25, 0.3) is 10.9 Å². The summed E-state index contributed by atoms with van der Waals surface area (Å²) in [5, 5.41) is 0.843. The fraction of sp³-hybridized carbons (Fsp3) is 0.111. The minimum Gasteiger partial charge on any atom is -0.497 e. The van der Waals surface area contributed by atoms with Gasteiger partial charge in [0.25, 0.3) is 0 Å². The summed E-state index contributed by atoms with van der Waals surface area (Å²) < 4.78 is 25.6. The first-order valence-electron chi connectivity index (χ1n) is 4.93. The van der Waals surface area contributed by atoms with Crippen LogP contribution in [-0.4, -0.2) is 17.0 Å². The van der Waals surface area contributed by atoms with Crippen LogP contribution in [0.1, 0.15) is 4.11 Å². The van der Waals surface area contributed by atoms with Crippen LogP contribution in [0, 0.1) is 0 Å². The van der Waals surface area contributed by atoms with E-state index in [1.54, 1.807) is 24.4 Å². The maximum absolute atomic E-state index is 6.96. The Kier molecular flexibility index (Phi) is 1.02. The molecule has 1 aromatic heterocycles. The molecule has 0 amide bonds. The van der Waals surface area contributed by atoms with Crippen molar-refractivity contribution in [2.75, 3.05) is 7.04 Å². The molecule has 60 valence electrons. The number of nitrogens with zero attached hydrogens (tertiary/aromatic N) is 2. The van der Waals surface area contributed by atoms with Gasteiger partial charge in [-0.25, -0.2) is 9.97 Å². The Bertz CT molecular complexity index is 484. The predicted octanol–water partition coefficient (Wildman–Crippen LogP) is 1.64. The van der Waals surface area contributed by atoms with Crippen LogP contribution < -0.4 is 4.74 Å². The van der Waals surface area contributed by atoms with Crippen molar-refractivity contribution in [3.63, 3.8) is 0 Å². The zero-order valence-corrected chi connectivity index (χ0v) is 6.19. The summed E-state index contributed by atoms with van der Waals surface area (Å²) in [5.41, 5.74) is 0.659. The van der Waals surface area contributed by atoms with Crippen molar-refractivity contribution < 1.29 is 8.85 Å². The largest absolute Gasteiger partial charge is 0.497 e. The molecule has 0 aliphatic carbocycles. The average Bonchev–Trinajstić information content (AvgIpc) is 2.15. The molecule has 3 nitrogen and oxygen atoms in total. The highest BCUT2D eigenvalue weighted by Gasteiger charge is 1.95. The Balaban J connectivity index is 2.39. The molecule has 1 heterocycles. The summed E-state index contributed by atoms with van der Waals surface area (Å²) in [4.78, 5) is 7.85. The molecule has 0 saturated carbocycles. The second-order valence-electron chi connectivity index (χ2n) is 2.35. The third kappa shape index (κ3) is 1.09. The molecule has 1 aromatic carbocycles. The molecule has 3 heteroatoms. The van der Waals surface area contributed by atoms with Crippen molar-refractivity contribution in [1.29, 1.82) is 0 Å². The van der Waals surface area contributed by atoms with Gasteiger partial charge in [0.15, 0.2) is 0 Å². The van der Waals surface area contributed by atoms with Gasteiger partial charge in [-0.05, 0) is 12.1 Å². The summed E-state index contributed by atoms with van der Waals surface area (Å²) in [5.74, 6) is 0.279. The zero-order valence-electron chi connectivity index (χ0n) is 9.19. The van der Waals surface area contributed by atoms with E-state index in [-0.39, 0.29) is 5.75 Å². The van der Waals surface area contributed by atoms with Gasteiger partial charge in [-0.3, -0.25) is 0 Å². The first kappa shape index (κ1) is 4.40. The molecule has 0 unspecified atom stereocenters. The second-order valence-corrected chi connectivity index (χ2v) is 2.35. The average molecular weight is 163 g/mol. The highest BCUT2D eigenvalue weighted by molar-refractivity contribution is 5.78. The number of rotatable bonds is 1. The van der Waals surface area contributed by atoms with Gasteiger partial charge in [-0.15, -0.1) is 0 Å². The third-order valence-electron chi connectivity index (χ3n) is 1.60. The van der Waals surface area contributed by atoms with Gasteiger partial charge in [0.1, 0.15) is 12.1 Å². The van der Waals surface area contributed by atoms with Crippen LogP contribution >= 0.6 is 0 Å². The first-order chi connectivity index (χ1) is 7.04. The highest BCUT2D eigenvalue weighted by atomic mass is 16.5. The van der Waals surface area contributed by atoms with E-state index in [4.69, 9.17) is 8.85 Å². The molecule has 0 atom stereocenters. The summed E-state index contributed by atoms with van der Waals surface area (Å²) in [6, 6.07) is 4.87. The molecule has 0 N–H and O–H groups in total. The van der Waals surface area contributed by atoms with E-state index in [9.17, 15) is 0 Å². The van der Waals surface area contributed by atoms with E-state index < -0.39 is 7.04 Å². The Morgan fingerprint density at radius 1 is 1.50 bits per heavy atom. The molecule has 0 spiro atoms. The quantitative estimate of drug-likeness (QED) is 0.641. The number of ether oxygens (including phenoxy) is 1. The lowest BCUT2D eigenvalue weighted by Crippen LogP contribution is -1.84. The number of benzene rings is 1. The van der Waals surface area contributed by atoms with E-state index in [1.165, 1.54) is 6.33 Å². The van der Waals surface area contributed by atoms with E-state index >= 15 is 0 Å². The second kappa shape index (κ2) is 2.77. The number of hydrogen-bond donors (Lipinski definition) is 0. The lowest BCUT2D eigenvalue weighted by Gasteiger charge is -1.99. The van der Waals surface area contributed by atoms with Gasteiger partial charge in [0, 0.05) is 17.6 Å². The maximum atomic E-state index is 6.96. The lowest BCUT2D eigenvalue weighted by molar-refractivity contribution is 0.415. The molecule has 0 saturated heterocycles. The van der Waals surface area contributed by atoms with Gasteiger partial charge < -0.3 is 4.74 Å². The molecule has 0 bridgehead atoms. The Hall–Kier alpha value is -1.64. The summed E-state index contributed by atoms with van der Waals surface area (Å²) in [7, 11) is -2.43. The molecular weight excluding hydrogens is 152 g/mol. The predicted molar refractivity (Wildman–Crippen MR) is 46.1 cm³/mol. The lowest BCUT2D eigenvalue weighted by atomic mass is 10.2. The Morgan fingerprint density at radius 3 is 3.42 bits per heavy atom. The van der Waals surface area contributed by atoms with Crippen LogP contribution in [0.2, 0.25) is 0 Å². The SMILES string of the molecule is [2H]C([2H])([2H])Oc1ccc2cncnc2c1. The van der Waals surface area contributed by atoms with E-state index in [0.29, 0.717) is 5.52 Å². The van der Waals surface area contributed by atoms with Crippen molar-refractivity contribution in [3.8, 4) is 5.75 Å². The Morgan fingerprint density at radius 2 is 2.50 bits per heavy atom. The third-order valence-corrected chi connectivity index (χ3v) is 1.60. The number of aromatic nitrogens is 2. The minimum absolute atomic E-state index is 0.279. The summed E-state index contributed by atoms with van der Waals surface area (Å²) in [6.07, 6.45) is 3.06. The fourth-order valence-corrected chi connectivity index (χ4v) is 1.02. The van der Waals surface area contributed by atoms with E-state index in [0.717, 1.165) is 5.39 Å². The number of fused-ring (bicyclic) bond motifs is 1. The van der Waals surface area contributed by atoms with Crippen LogP contribution in [0.5, 0.6) is 5.75 Å². The molecular formula is C9H8N2O. The number of hydrogen-bond acceptors (Lipinski definition) is 3. The fourth-order valence-electron chi connectivity index (χ4n) is 1.02. The summed E-state index contributed by atoms with van der Waals surface area (Å²) >= 11 is 0. The molecule has 0 fully saturated rings.